The average molecular weight is 374 g/mol. The Morgan fingerprint density at radius 3 is 2.19 bits per heavy atom. The standard InChI is InChI=1S/C20H26N2O5/c23-18(6-3-15-1-4-17(5-2-15)20(25)26)21-9-7-16(8-10-21)19(24)22-11-13-27-14-12-22/h1-2,4-5,16H,3,6-14H2,(H,25,26). The zero-order valence-electron chi connectivity index (χ0n) is 15.4. The average Bonchev–Trinajstić information content (AvgIpc) is 2.72. The second kappa shape index (κ2) is 8.99. The van der Waals surface area contributed by atoms with Crippen molar-refractivity contribution in [1.82, 2.24) is 9.80 Å². The summed E-state index contributed by atoms with van der Waals surface area (Å²) < 4.78 is 5.29. The van der Waals surface area contributed by atoms with E-state index in [0.717, 1.165) is 18.4 Å². The number of rotatable bonds is 5. The molecule has 2 fully saturated rings. The van der Waals surface area contributed by atoms with Gasteiger partial charge in [-0.2, -0.15) is 0 Å². The minimum Gasteiger partial charge on any atom is -0.478 e. The molecule has 0 atom stereocenters. The second-order valence-corrected chi connectivity index (χ2v) is 7.09. The van der Waals surface area contributed by atoms with Gasteiger partial charge in [0, 0.05) is 38.5 Å². The van der Waals surface area contributed by atoms with Crippen molar-refractivity contribution < 1.29 is 24.2 Å². The molecule has 0 bridgehead atoms. The van der Waals surface area contributed by atoms with Crippen LogP contribution in [0.15, 0.2) is 24.3 Å². The first kappa shape index (κ1) is 19.4. The fourth-order valence-electron chi connectivity index (χ4n) is 3.64. The summed E-state index contributed by atoms with van der Waals surface area (Å²) in [5, 5.41) is 8.91. The number of hydrogen-bond donors (Lipinski definition) is 1. The van der Waals surface area contributed by atoms with E-state index >= 15 is 0 Å². The number of carbonyl (C=O) groups is 3. The van der Waals surface area contributed by atoms with Gasteiger partial charge in [0.25, 0.3) is 0 Å². The number of hydrogen-bond acceptors (Lipinski definition) is 4. The third-order valence-electron chi connectivity index (χ3n) is 5.35. The second-order valence-electron chi connectivity index (χ2n) is 7.09. The molecule has 1 aromatic carbocycles. The molecule has 0 aromatic heterocycles. The number of carboxylic acid groups (broad SMARTS) is 1. The molecule has 2 amide bonds. The van der Waals surface area contributed by atoms with Gasteiger partial charge in [-0.3, -0.25) is 9.59 Å². The van der Waals surface area contributed by atoms with Crippen LogP contribution in [-0.2, 0) is 20.7 Å². The minimum atomic E-state index is -0.952. The molecule has 1 aromatic rings. The Balaban J connectivity index is 1.42. The molecule has 2 saturated heterocycles. The molecule has 7 nitrogen and oxygen atoms in total. The predicted molar refractivity (Wildman–Crippen MR) is 98.4 cm³/mol. The lowest BCUT2D eigenvalue weighted by Crippen LogP contribution is -2.47. The summed E-state index contributed by atoms with van der Waals surface area (Å²) in [4.78, 5) is 39.6. The highest BCUT2D eigenvalue weighted by Crippen LogP contribution is 2.21. The van der Waals surface area contributed by atoms with Crippen molar-refractivity contribution >= 4 is 17.8 Å². The van der Waals surface area contributed by atoms with Crippen molar-refractivity contribution in [2.45, 2.75) is 25.7 Å². The smallest absolute Gasteiger partial charge is 0.335 e. The van der Waals surface area contributed by atoms with Gasteiger partial charge >= 0.3 is 5.97 Å². The van der Waals surface area contributed by atoms with Crippen LogP contribution in [0.1, 0.15) is 35.2 Å². The molecular formula is C20H26N2O5. The highest BCUT2D eigenvalue weighted by atomic mass is 16.5. The number of amides is 2. The Hall–Kier alpha value is -2.41. The molecule has 1 N–H and O–H groups in total. The van der Waals surface area contributed by atoms with E-state index in [1.54, 1.807) is 24.3 Å². The molecule has 0 aliphatic carbocycles. The number of carbonyl (C=O) groups excluding carboxylic acids is 2. The zero-order valence-corrected chi connectivity index (χ0v) is 15.4. The van der Waals surface area contributed by atoms with Gasteiger partial charge < -0.3 is 19.6 Å². The van der Waals surface area contributed by atoms with Gasteiger partial charge in [0.2, 0.25) is 11.8 Å². The van der Waals surface area contributed by atoms with Crippen molar-refractivity contribution in [3.8, 4) is 0 Å². The number of morpholine rings is 1. The number of aryl methyl sites for hydroxylation is 1. The topological polar surface area (TPSA) is 87.2 Å². The van der Waals surface area contributed by atoms with Gasteiger partial charge in [0.1, 0.15) is 0 Å². The van der Waals surface area contributed by atoms with Gasteiger partial charge in [-0.15, -0.1) is 0 Å². The van der Waals surface area contributed by atoms with Crippen LogP contribution in [0.2, 0.25) is 0 Å². The van der Waals surface area contributed by atoms with E-state index in [1.807, 2.05) is 9.80 Å². The zero-order chi connectivity index (χ0) is 19.2. The molecule has 0 saturated carbocycles. The number of nitrogens with zero attached hydrogens (tertiary/aromatic N) is 2. The lowest BCUT2D eigenvalue weighted by atomic mass is 9.94. The summed E-state index contributed by atoms with van der Waals surface area (Å²) in [6.45, 7) is 3.79. The van der Waals surface area contributed by atoms with Gasteiger partial charge in [-0.1, -0.05) is 12.1 Å². The maximum atomic E-state index is 12.5. The Morgan fingerprint density at radius 1 is 0.963 bits per heavy atom. The molecule has 27 heavy (non-hydrogen) atoms. The quantitative estimate of drug-likeness (QED) is 0.842. The van der Waals surface area contributed by atoms with Crippen molar-refractivity contribution in [1.29, 1.82) is 0 Å². The third-order valence-corrected chi connectivity index (χ3v) is 5.35. The van der Waals surface area contributed by atoms with Crippen LogP contribution in [0.3, 0.4) is 0 Å². The largest absolute Gasteiger partial charge is 0.478 e. The van der Waals surface area contributed by atoms with E-state index in [4.69, 9.17) is 9.84 Å². The monoisotopic (exact) mass is 374 g/mol. The maximum absolute atomic E-state index is 12.5. The number of ether oxygens (including phenoxy) is 1. The first-order valence-electron chi connectivity index (χ1n) is 9.51. The SMILES string of the molecule is O=C(O)c1ccc(CCC(=O)N2CCC(C(=O)N3CCOCC3)CC2)cc1. The highest BCUT2D eigenvalue weighted by molar-refractivity contribution is 5.87. The molecule has 2 heterocycles. The summed E-state index contributed by atoms with van der Waals surface area (Å²) >= 11 is 0. The Bertz CT molecular complexity index is 674. The van der Waals surface area contributed by atoms with Crippen LogP contribution < -0.4 is 0 Å². The number of aromatic carboxylic acids is 1. The molecule has 0 spiro atoms. The number of carboxylic acids is 1. The molecule has 146 valence electrons. The first-order chi connectivity index (χ1) is 13.0. The van der Waals surface area contributed by atoms with E-state index in [2.05, 4.69) is 0 Å². The lowest BCUT2D eigenvalue weighted by molar-refractivity contribution is -0.143. The van der Waals surface area contributed by atoms with E-state index < -0.39 is 5.97 Å². The van der Waals surface area contributed by atoms with E-state index in [9.17, 15) is 14.4 Å². The highest BCUT2D eigenvalue weighted by Gasteiger charge is 2.30. The summed E-state index contributed by atoms with van der Waals surface area (Å²) in [5.74, 6) is -0.652. The van der Waals surface area contributed by atoms with Crippen LogP contribution >= 0.6 is 0 Å². The molecule has 3 rings (SSSR count). The Labute approximate surface area is 158 Å². The Kier molecular flexibility index (Phi) is 6.45. The number of likely N-dealkylation sites (tertiary alicyclic amines) is 1. The van der Waals surface area contributed by atoms with E-state index in [1.165, 1.54) is 0 Å². The first-order valence-corrected chi connectivity index (χ1v) is 9.51. The van der Waals surface area contributed by atoms with Crippen LogP contribution in [-0.4, -0.2) is 72.1 Å². The van der Waals surface area contributed by atoms with E-state index in [0.29, 0.717) is 52.2 Å². The van der Waals surface area contributed by atoms with Gasteiger partial charge in [-0.05, 0) is 37.0 Å². The van der Waals surface area contributed by atoms with Crippen LogP contribution in [0.25, 0.3) is 0 Å². The van der Waals surface area contributed by atoms with Crippen molar-refractivity contribution in [3.05, 3.63) is 35.4 Å². The molecule has 2 aliphatic heterocycles. The van der Waals surface area contributed by atoms with Crippen molar-refractivity contribution in [2.24, 2.45) is 5.92 Å². The van der Waals surface area contributed by atoms with Crippen molar-refractivity contribution in [2.75, 3.05) is 39.4 Å². The summed E-state index contributed by atoms with van der Waals surface area (Å²) in [5.41, 5.74) is 1.20. The normalized spacial score (nSPS) is 18.4. The van der Waals surface area contributed by atoms with E-state index in [-0.39, 0.29) is 23.3 Å². The third kappa shape index (κ3) is 5.07. The van der Waals surface area contributed by atoms with Gasteiger partial charge in [0.05, 0.1) is 18.8 Å². The Morgan fingerprint density at radius 2 is 1.59 bits per heavy atom. The molecule has 0 unspecified atom stereocenters. The molecule has 0 radical (unpaired) electrons. The fraction of sp³-hybridized carbons (Fsp3) is 0.550. The predicted octanol–water partition coefficient (Wildman–Crippen LogP) is 1.41. The van der Waals surface area contributed by atoms with Crippen LogP contribution in [0.4, 0.5) is 0 Å². The molecule has 7 heteroatoms. The summed E-state index contributed by atoms with van der Waals surface area (Å²) in [7, 11) is 0. The van der Waals surface area contributed by atoms with Crippen LogP contribution in [0.5, 0.6) is 0 Å². The fourth-order valence-corrected chi connectivity index (χ4v) is 3.64. The maximum Gasteiger partial charge on any atom is 0.335 e. The van der Waals surface area contributed by atoms with Gasteiger partial charge in [-0.25, -0.2) is 4.79 Å². The molecule has 2 aliphatic rings. The lowest BCUT2D eigenvalue weighted by Gasteiger charge is -2.35. The summed E-state index contributed by atoms with van der Waals surface area (Å²) in [6.07, 6.45) is 2.42. The number of benzene rings is 1. The minimum absolute atomic E-state index is 0.00992. The van der Waals surface area contributed by atoms with Gasteiger partial charge in [0.15, 0.2) is 0 Å². The van der Waals surface area contributed by atoms with Crippen molar-refractivity contribution in [3.63, 3.8) is 0 Å². The number of piperidine rings is 1. The molecular weight excluding hydrogens is 348 g/mol. The van der Waals surface area contributed by atoms with Crippen LogP contribution in [0, 0.1) is 5.92 Å². The summed E-state index contributed by atoms with van der Waals surface area (Å²) in [6, 6.07) is 6.63.